The topological polar surface area (TPSA) is 140 Å². The predicted molar refractivity (Wildman–Crippen MR) is 118 cm³/mol. The van der Waals surface area contributed by atoms with Crippen molar-refractivity contribution in [2.75, 3.05) is 6.54 Å². The number of carbonyl (C=O) groups excluding carboxylic acids is 3. The number of nitrogens with zero attached hydrogens (tertiary/aromatic N) is 3. The number of amides is 2. The van der Waals surface area contributed by atoms with E-state index in [1.165, 1.54) is 17.4 Å². The number of hydrogen-bond donors (Lipinski definition) is 2. The first kappa shape index (κ1) is 26.1. The summed E-state index contributed by atoms with van der Waals surface area (Å²) >= 11 is 0. The minimum absolute atomic E-state index is 0.00334. The molecule has 1 aliphatic heterocycles. The Kier molecular flexibility index (Phi) is 7.76. The fourth-order valence-corrected chi connectivity index (χ4v) is 3.47. The smallest absolute Gasteiger partial charge is 0.419 e. The van der Waals surface area contributed by atoms with Crippen LogP contribution in [0.15, 0.2) is 12.5 Å². The van der Waals surface area contributed by atoms with E-state index in [9.17, 15) is 24.3 Å². The van der Waals surface area contributed by atoms with E-state index in [-0.39, 0.29) is 18.9 Å². The lowest BCUT2D eigenvalue weighted by Crippen LogP contribution is -2.53. The highest BCUT2D eigenvalue weighted by molar-refractivity contribution is 5.90. The van der Waals surface area contributed by atoms with E-state index in [4.69, 9.17) is 9.47 Å². The van der Waals surface area contributed by atoms with Crippen LogP contribution in [0.3, 0.4) is 0 Å². The average Bonchev–Trinajstić information content (AvgIpc) is 3.24. The van der Waals surface area contributed by atoms with Gasteiger partial charge in [0, 0.05) is 19.2 Å². The van der Waals surface area contributed by atoms with Crippen LogP contribution in [0.1, 0.15) is 60.6 Å². The normalized spacial score (nSPS) is 19.7. The van der Waals surface area contributed by atoms with Crippen molar-refractivity contribution in [2.24, 2.45) is 5.92 Å². The van der Waals surface area contributed by atoms with Crippen molar-refractivity contribution in [3.8, 4) is 0 Å². The highest BCUT2D eigenvalue weighted by atomic mass is 16.6. The van der Waals surface area contributed by atoms with Crippen molar-refractivity contribution in [1.29, 1.82) is 0 Å². The second-order valence-electron chi connectivity index (χ2n) is 10.3. The lowest BCUT2D eigenvalue weighted by atomic mass is 10.1. The molecule has 11 heteroatoms. The van der Waals surface area contributed by atoms with Crippen LogP contribution in [0.2, 0.25) is 0 Å². The van der Waals surface area contributed by atoms with Crippen molar-refractivity contribution in [1.82, 2.24) is 19.8 Å². The first-order chi connectivity index (χ1) is 15.1. The molecule has 2 N–H and O–H groups in total. The van der Waals surface area contributed by atoms with Crippen molar-refractivity contribution >= 4 is 24.1 Å². The highest BCUT2D eigenvalue weighted by Gasteiger charge is 2.41. The van der Waals surface area contributed by atoms with Gasteiger partial charge in [0.1, 0.15) is 29.6 Å². The molecule has 0 radical (unpaired) electrons. The number of aromatic nitrogens is 2. The Morgan fingerprint density at radius 1 is 1.15 bits per heavy atom. The van der Waals surface area contributed by atoms with Gasteiger partial charge in [0.25, 0.3) is 0 Å². The Morgan fingerprint density at radius 2 is 1.76 bits per heavy atom. The molecule has 184 valence electrons. The number of likely N-dealkylation sites (tertiary alicyclic amines) is 1. The van der Waals surface area contributed by atoms with E-state index in [1.807, 2.05) is 6.92 Å². The average molecular weight is 467 g/mol. The summed E-state index contributed by atoms with van der Waals surface area (Å²) in [6.07, 6.45) is 1.48. The Hall–Kier alpha value is -3.11. The summed E-state index contributed by atoms with van der Waals surface area (Å²) in [4.78, 5) is 55.1. The van der Waals surface area contributed by atoms with Crippen LogP contribution in [-0.2, 0) is 25.5 Å². The second-order valence-corrected chi connectivity index (χ2v) is 10.3. The SMILES string of the molecule is C[C@H]1C[C@@H](C(=O)O)N(C(=O)[C@@H](Cc2cn(C(=O)OC(C)(C)C)cn2)NC(=O)OC(C)(C)C)C1. The summed E-state index contributed by atoms with van der Waals surface area (Å²) in [6, 6.07) is -2.11. The zero-order chi connectivity index (χ0) is 25.1. The quantitative estimate of drug-likeness (QED) is 0.674. The predicted octanol–water partition coefficient (Wildman–Crippen LogP) is 2.42. The number of imidazole rings is 1. The molecule has 1 fully saturated rings. The monoisotopic (exact) mass is 466 g/mol. The van der Waals surface area contributed by atoms with Gasteiger partial charge in [-0.3, -0.25) is 4.79 Å². The summed E-state index contributed by atoms with van der Waals surface area (Å²) in [7, 11) is 0. The molecule has 0 bridgehead atoms. The van der Waals surface area contributed by atoms with Gasteiger partial charge in [0.05, 0.1) is 5.69 Å². The number of nitrogens with one attached hydrogen (secondary N) is 1. The molecule has 2 amide bonds. The van der Waals surface area contributed by atoms with Gasteiger partial charge in [-0.05, 0) is 53.9 Å². The van der Waals surface area contributed by atoms with Gasteiger partial charge in [0.15, 0.2) is 0 Å². The van der Waals surface area contributed by atoms with E-state index < -0.39 is 47.3 Å². The van der Waals surface area contributed by atoms with Crippen molar-refractivity contribution in [2.45, 2.75) is 84.6 Å². The molecule has 1 aromatic heterocycles. The largest absolute Gasteiger partial charge is 0.480 e. The molecule has 0 spiro atoms. The van der Waals surface area contributed by atoms with Gasteiger partial charge in [-0.25, -0.2) is 23.9 Å². The number of aliphatic carboxylic acids is 1. The maximum absolute atomic E-state index is 13.3. The molecular formula is C22H34N4O7. The van der Waals surface area contributed by atoms with E-state index in [0.29, 0.717) is 12.1 Å². The second kappa shape index (κ2) is 9.80. The van der Waals surface area contributed by atoms with Crippen LogP contribution in [0.4, 0.5) is 9.59 Å². The van der Waals surface area contributed by atoms with E-state index in [0.717, 1.165) is 4.57 Å². The third kappa shape index (κ3) is 7.76. The molecule has 33 heavy (non-hydrogen) atoms. The van der Waals surface area contributed by atoms with Gasteiger partial charge in [-0.2, -0.15) is 0 Å². The summed E-state index contributed by atoms with van der Waals surface area (Å²) < 4.78 is 11.7. The zero-order valence-electron chi connectivity index (χ0n) is 20.2. The Labute approximate surface area is 193 Å². The molecule has 11 nitrogen and oxygen atoms in total. The maximum Gasteiger partial charge on any atom is 0.419 e. The van der Waals surface area contributed by atoms with Crippen LogP contribution >= 0.6 is 0 Å². The van der Waals surface area contributed by atoms with Crippen molar-refractivity contribution in [3.05, 3.63) is 18.2 Å². The summed E-state index contributed by atoms with van der Waals surface area (Å²) in [5.41, 5.74) is -1.15. The molecule has 2 heterocycles. The molecule has 2 rings (SSSR count). The summed E-state index contributed by atoms with van der Waals surface area (Å²) in [6.45, 7) is 12.4. The van der Waals surface area contributed by atoms with Crippen LogP contribution < -0.4 is 5.32 Å². The van der Waals surface area contributed by atoms with Gasteiger partial charge >= 0.3 is 18.2 Å². The Morgan fingerprint density at radius 3 is 2.30 bits per heavy atom. The van der Waals surface area contributed by atoms with Crippen LogP contribution in [0.25, 0.3) is 0 Å². The standard InChI is InChI=1S/C22H34N4O7/c1-13-8-16(18(28)29)26(10-13)17(27)15(24-19(30)32-21(2,3)4)9-14-11-25(12-23-14)20(31)33-22(5,6)7/h11-13,15-16H,8-10H2,1-7H3,(H,24,30)(H,28,29)/t13-,15+,16-/m0/s1. The summed E-state index contributed by atoms with van der Waals surface area (Å²) in [5.74, 6) is -1.65. The van der Waals surface area contributed by atoms with Gasteiger partial charge < -0.3 is 24.8 Å². The minimum atomic E-state index is -1.13. The number of rotatable bonds is 5. The third-order valence-electron chi connectivity index (χ3n) is 4.72. The van der Waals surface area contributed by atoms with Crippen LogP contribution in [0.5, 0.6) is 0 Å². The minimum Gasteiger partial charge on any atom is -0.480 e. The zero-order valence-corrected chi connectivity index (χ0v) is 20.2. The fraction of sp³-hybridized carbons (Fsp3) is 0.682. The van der Waals surface area contributed by atoms with E-state index in [1.54, 1.807) is 41.5 Å². The van der Waals surface area contributed by atoms with Crippen LogP contribution in [-0.4, -0.2) is 73.5 Å². The molecule has 1 aliphatic rings. The molecule has 0 unspecified atom stereocenters. The molecule has 0 aromatic carbocycles. The number of alkyl carbamates (subject to hydrolysis) is 1. The number of hydrogen-bond acceptors (Lipinski definition) is 7. The van der Waals surface area contributed by atoms with Gasteiger partial charge in [0.2, 0.25) is 5.91 Å². The lowest BCUT2D eigenvalue weighted by molar-refractivity contribution is -0.149. The molecule has 0 aliphatic carbocycles. The number of carboxylic acids is 1. The Bertz CT molecular complexity index is 897. The van der Waals surface area contributed by atoms with Crippen molar-refractivity contribution < 1.29 is 33.8 Å². The molecule has 0 saturated carbocycles. The lowest BCUT2D eigenvalue weighted by Gasteiger charge is -2.28. The number of carbonyl (C=O) groups is 4. The number of ether oxygens (including phenoxy) is 2. The van der Waals surface area contributed by atoms with Gasteiger partial charge in [-0.15, -0.1) is 0 Å². The van der Waals surface area contributed by atoms with Crippen LogP contribution in [0, 0.1) is 5.92 Å². The van der Waals surface area contributed by atoms with E-state index >= 15 is 0 Å². The first-order valence-corrected chi connectivity index (χ1v) is 10.8. The summed E-state index contributed by atoms with van der Waals surface area (Å²) in [5, 5.41) is 12.1. The number of carboxylic acid groups (broad SMARTS) is 1. The van der Waals surface area contributed by atoms with E-state index in [2.05, 4.69) is 10.3 Å². The highest BCUT2D eigenvalue weighted by Crippen LogP contribution is 2.24. The van der Waals surface area contributed by atoms with Crippen molar-refractivity contribution in [3.63, 3.8) is 0 Å². The molecule has 1 saturated heterocycles. The maximum atomic E-state index is 13.3. The molecular weight excluding hydrogens is 432 g/mol. The molecule has 1 aromatic rings. The van der Waals surface area contributed by atoms with Gasteiger partial charge in [-0.1, -0.05) is 6.92 Å². The molecule has 3 atom stereocenters. The first-order valence-electron chi connectivity index (χ1n) is 10.8. The third-order valence-corrected chi connectivity index (χ3v) is 4.72. The fourth-order valence-electron chi connectivity index (χ4n) is 3.47. The Balaban J connectivity index is 2.24.